The van der Waals surface area contributed by atoms with Crippen LogP contribution in [0.3, 0.4) is 0 Å². The van der Waals surface area contributed by atoms with Crippen LogP contribution in [0.5, 0.6) is 5.75 Å². The van der Waals surface area contributed by atoms with Crippen LogP contribution in [0, 0.1) is 0 Å². The first-order valence-electron chi connectivity index (χ1n) is 7.06. The molecular weight excluding hydrogens is 268 g/mol. The molecule has 2 aromatic rings. The predicted octanol–water partition coefficient (Wildman–Crippen LogP) is 4.29. The molecule has 4 heteroatoms. The van der Waals surface area contributed by atoms with Gasteiger partial charge in [-0.1, -0.05) is 13.8 Å². The van der Waals surface area contributed by atoms with Gasteiger partial charge in [0.25, 0.3) is 0 Å². The van der Waals surface area contributed by atoms with Gasteiger partial charge in [0.05, 0.1) is 6.61 Å². The third kappa shape index (κ3) is 4.17. The third-order valence-corrected chi connectivity index (χ3v) is 4.16. The Bertz CT molecular complexity index is 551. The van der Waals surface area contributed by atoms with Crippen molar-refractivity contribution >= 4 is 22.7 Å². The van der Waals surface area contributed by atoms with Crippen molar-refractivity contribution in [2.24, 2.45) is 0 Å². The largest absolute Gasteiger partial charge is 0.493 e. The van der Waals surface area contributed by atoms with Crippen LogP contribution in [0.2, 0.25) is 0 Å². The van der Waals surface area contributed by atoms with Crippen LogP contribution in [0.15, 0.2) is 30.3 Å². The Morgan fingerprint density at radius 1 is 1.15 bits per heavy atom. The van der Waals surface area contributed by atoms with E-state index in [9.17, 15) is 0 Å². The molecular formula is C16H22N2OS. The average molecular weight is 290 g/mol. The summed E-state index contributed by atoms with van der Waals surface area (Å²) < 4.78 is 5.63. The van der Waals surface area contributed by atoms with Gasteiger partial charge in [-0.25, -0.2) is 0 Å². The van der Waals surface area contributed by atoms with Crippen molar-refractivity contribution in [1.82, 2.24) is 0 Å². The Morgan fingerprint density at radius 2 is 1.95 bits per heavy atom. The van der Waals surface area contributed by atoms with Crippen molar-refractivity contribution < 1.29 is 4.74 Å². The fourth-order valence-electron chi connectivity index (χ4n) is 1.92. The zero-order chi connectivity index (χ0) is 14.4. The van der Waals surface area contributed by atoms with Crippen LogP contribution in [-0.2, 0) is 13.0 Å². The summed E-state index contributed by atoms with van der Waals surface area (Å²) in [4.78, 5) is 2.75. The molecule has 3 nitrogen and oxygen atoms in total. The summed E-state index contributed by atoms with van der Waals surface area (Å²) in [6, 6.07) is 10.2. The van der Waals surface area contributed by atoms with E-state index in [0.717, 1.165) is 36.5 Å². The molecule has 0 fully saturated rings. The molecule has 0 aliphatic heterocycles. The predicted molar refractivity (Wildman–Crippen MR) is 87.7 cm³/mol. The topological polar surface area (TPSA) is 47.3 Å². The second kappa shape index (κ2) is 7.20. The normalized spacial score (nSPS) is 10.5. The highest BCUT2D eigenvalue weighted by Gasteiger charge is 2.02. The van der Waals surface area contributed by atoms with Crippen LogP contribution in [-0.4, -0.2) is 6.61 Å². The van der Waals surface area contributed by atoms with E-state index in [4.69, 9.17) is 10.5 Å². The lowest BCUT2D eigenvalue weighted by Gasteiger charge is -2.10. The lowest BCUT2D eigenvalue weighted by Crippen LogP contribution is -2.01. The minimum Gasteiger partial charge on any atom is -0.493 e. The zero-order valence-corrected chi connectivity index (χ0v) is 12.9. The number of ether oxygens (including phenoxy) is 1. The van der Waals surface area contributed by atoms with Crippen molar-refractivity contribution in [3.63, 3.8) is 0 Å². The molecule has 20 heavy (non-hydrogen) atoms. The van der Waals surface area contributed by atoms with Crippen LogP contribution in [0.4, 0.5) is 11.4 Å². The van der Waals surface area contributed by atoms with Crippen LogP contribution < -0.4 is 15.8 Å². The second-order valence-corrected chi connectivity index (χ2v) is 5.97. The maximum atomic E-state index is 5.91. The molecule has 0 radical (unpaired) electrons. The summed E-state index contributed by atoms with van der Waals surface area (Å²) in [5.41, 5.74) is 7.63. The molecule has 0 bridgehead atoms. The summed E-state index contributed by atoms with van der Waals surface area (Å²) in [6.07, 6.45) is 2.09. The van der Waals surface area contributed by atoms with Crippen molar-refractivity contribution in [2.75, 3.05) is 17.7 Å². The Labute approximate surface area is 124 Å². The fourth-order valence-corrected chi connectivity index (χ4v) is 2.82. The number of anilines is 2. The smallest absolute Gasteiger partial charge is 0.123 e. The number of nitrogens with two attached hydrogens (primary N) is 1. The van der Waals surface area contributed by atoms with E-state index in [0.29, 0.717) is 6.61 Å². The lowest BCUT2D eigenvalue weighted by atomic mass is 10.2. The van der Waals surface area contributed by atoms with Crippen molar-refractivity contribution in [3.05, 3.63) is 40.1 Å². The molecule has 1 aromatic heterocycles. The number of hydrogen-bond acceptors (Lipinski definition) is 4. The number of nitrogens with one attached hydrogen (secondary N) is 1. The Kier molecular flexibility index (Phi) is 5.30. The Balaban J connectivity index is 1.99. The fraction of sp³-hybridized carbons (Fsp3) is 0.375. The van der Waals surface area contributed by atoms with Gasteiger partial charge in [-0.3, -0.25) is 0 Å². The number of aryl methyl sites for hydroxylation is 1. The van der Waals surface area contributed by atoms with Gasteiger partial charge in [0.15, 0.2) is 0 Å². The van der Waals surface area contributed by atoms with E-state index in [1.165, 1.54) is 9.75 Å². The zero-order valence-electron chi connectivity index (χ0n) is 12.1. The van der Waals surface area contributed by atoms with E-state index in [1.54, 1.807) is 0 Å². The van der Waals surface area contributed by atoms with E-state index in [-0.39, 0.29) is 0 Å². The molecule has 2 rings (SSSR count). The lowest BCUT2D eigenvalue weighted by molar-refractivity contribution is 0.318. The molecule has 1 heterocycles. The molecule has 0 unspecified atom stereocenters. The number of thiophene rings is 1. The SMILES string of the molecule is CCCOc1cc(N)cc(NCc2ccc(CC)s2)c1. The highest BCUT2D eigenvalue weighted by atomic mass is 32.1. The van der Waals surface area contributed by atoms with Gasteiger partial charge in [0, 0.05) is 39.8 Å². The van der Waals surface area contributed by atoms with Crippen molar-refractivity contribution in [3.8, 4) is 5.75 Å². The van der Waals surface area contributed by atoms with E-state index >= 15 is 0 Å². The molecule has 0 atom stereocenters. The van der Waals surface area contributed by atoms with Gasteiger partial charge in [-0.15, -0.1) is 11.3 Å². The summed E-state index contributed by atoms with van der Waals surface area (Å²) in [7, 11) is 0. The first kappa shape index (κ1) is 14.7. The number of nitrogen functional groups attached to an aromatic ring is 1. The highest BCUT2D eigenvalue weighted by Crippen LogP contribution is 2.24. The molecule has 0 aliphatic carbocycles. The van der Waals surface area contributed by atoms with E-state index in [2.05, 4.69) is 31.3 Å². The second-order valence-electron chi connectivity index (χ2n) is 4.71. The quantitative estimate of drug-likeness (QED) is 0.748. The number of rotatable bonds is 7. The summed E-state index contributed by atoms with van der Waals surface area (Å²) in [5, 5.41) is 3.41. The van der Waals surface area contributed by atoms with Gasteiger partial charge in [0.1, 0.15) is 5.75 Å². The summed E-state index contributed by atoms with van der Waals surface area (Å²) >= 11 is 1.85. The summed E-state index contributed by atoms with van der Waals surface area (Å²) in [6.45, 7) is 5.81. The van der Waals surface area contributed by atoms with E-state index < -0.39 is 0 Å². The standard InChI is InChI=1S/C16H22N2OS/c1-3-7-19-14-9-12(17)8-13(10-14)18-11-16-6-5-15(4-2)20-16/h5-6,8-10,18H,3-4,7,11,17H2,1-2H3. The molecule has 0 spiro atoms. The molecule has 0 aliphatic rings. The van der Waals surface area contributed by atoms with Gasteiger partial charge in [0.2, 0.25) is 0 Å². The maximum absolute atomic E-state index is 5.91. The Morgan fingerprint density at radius 3 is 2.65 bits per heavy atom. The maximum Gasteiger partial charge on any atom is 0.123 e. The van der Waals surface area contributed by atoms with Crippen LogP contribution >= 0.6 is 11.3 Å². The average Bonchev–Trinajstić information content (AvgIpc) is 2.90. The summed E-state index contributed by atoms with van der Waals surface area (Å²) in [5.74, 6) is 0.828. The molecule has 0 saturated carbocycles. The van der Waals surface area contributed by atoms with Crippen LogP contribution in [0.25, 0.3) is 0 Å². The number of benzene rings is 1. The third-order valence-electron chi connectivity index (χ3n) is 2.93. The highest BCUT2D eigenvalue weighted by molar-refractivity contribution is 7.12. The monoisotopic (exact) mass is 290 g/mol. The van der Waals surface area contributed by atoms with Crippen molar-refractivity contribution in [2.45, 2.75) is 33.2 Å². The number of hydrogen-bond donors (Lipinski definition) is 2. The molecule has 0 amide bonds. The van der Waals surface area contributed by atoms with Gasteiger partial charge in [-0.2, -0.15) is 0 Å². The molecule has 108 valence electrons. The molecule has 1 aromatic carbocycles. The van der Waals surface area contributed by atoms with Crippen molar-refractivity contribution in [1.29, 1.82) is 0 Å². The minimum atomic E-state index is 0.716. The van der Waals surface area contributed by atoms with Crippen LogP contribution in [0.1, 0.15) is 30.0 Å². The van der Waals surface area contributed by atoms with Gasteiger partial charge >= 0.3 is 0 Å². The molecule has 3 N–H and O–H groups in total. The first-order valence-corrected chi connectivity index (χ1v) is 7.87. The molecule has 0 saturated heterocycles. The van der Waals surface area contributed by atoms with E-state index in [1.807, 2.05) is 29.5 Å². The van der Waals surface area contributed by atoms with Gasteiger partial charge < -0.3 is 15.8 Å². The first-order chi connectivity index (χ1) is 9.71. The minimum absolute atomic E-state index is 0.716. The Hall–Kier alpha value is -1.68. The van der Waals surface area contributed by atoms with Gasteiger partial charge in [-0.05, 0) is 31.0 Å².